The van der Waals surface area contributed by atoms with E-state index in [1.807, 2.05) is 39.0 Å². The van der Waals surface area contributed by atoms with Crippen LogP contribution in [0.3, 0.4) is 0 Å². The van der Waals surface area contributed by atoms with E-state index in [-0.39, 0.29) is 17.2 Å². The third kappa shape index (κ3) is 4.03. The molecule has 2 N–H and O–H groups in total. The second-order valence-corrected chi connectivity index (χ2v) is 6.67. The van der Waals surface area contributed by atoms with E-state index in [1.165, 1.54) is 0 Å². The Morgan fingerprint density at radius 2 is 1.83 bits per heavy atom. The minimum Gasteiger partial charge on any atom is -0.481 e. The zero-order chi connectivity index (χ0) is 17.0. The summed E-state index contributed by atoms with van der Waals surface area (Å²) in [6.07, 6.45) is 3.16. The zero-order valence-electron chi connectivity index (χ0n) is 14.4. The lowest BCUT2D eigenvalue weighted by Gasteiger charge is -2.23. The molecule has 1 aliphatic rings. The molecular formula is C18H26N2O3. The van der Waals surface area contributed by atoms with Crippen molar-refractivity contribution in [1.29, 1.82) is 0 Å². The van der Waals surface area contributed by atoms with E-state index in [0.717, 1.165) is 36.8 Å². The Balaban J connectivity index is 1.88. The Morgan fingerprint density at radius 3 is 2.48 bits per heavy atom. The molecular weight excluding hydrogens is 292 g/mol. The predicted molar refractivity (Wildman–Crippen MR) is 88.9 cm³/mol. The van der Waals surface area contributed by atoms with Crippen LogP contribution in [0.2, 0.25) is 0 Å². The number of benzene rings is 1. The van der Waals surface area contributed by atoms with Crippen molar-refractivity contribution in [1.82, 2.24) is 10.9 Å². The van der Waals surface area contributed by atoms with Crippen LogP contribution < -0.4 is 15.6 Å². The molecule has 2 amide bonds. The van der Waals surface area contributed by atoms with Crippen LogP contribution in [0.15, 0.2) is 18.2 Å². The van der Waals surface area contributed by atoms with Crippen molar-refractivity contribution in [2.24, 2.45) is 5.41 Å². The van der Waals surface area contributed by atoms with Gasteiger partial charge in [0.1, 0.15) is 5.75 Å². The average molecular weight is 318 g/mol. The first-order valence-corrected chi connectivity index (χ1v) is 8.17. The van der Waals surface area contributed by atoms with Gasteiger partial charge in [0, 0.05) is 5.41 Å². The first-order chi connectivity index (χ1) is 10.8. The molecule has 1 aromatic carbocycles. The predicted octanol–water partition coefficient (Wildman–Crippen LogP) is 2.80. The van der Waals surface area contributed by atoms with Gasteiger partial charge in [-0.1, -0.05) is 31.9 Å². The van der Waals surface area contributed by atoms with Crippen LogP contribution in [0.4, 0.5) is 0 Å². The van der Waals surface area contributed by atoms with Gasteiger partial charge in [0.05, 0.1) is 0 Å². The molecule has 1 unspecified atom stereocenters. The van der Waals surface area contributed by atoms with E-state index >= 15 is 0 Å². The molecule has 5 nitrogen and oxygen atoms in total. The van der Waals surface area contributed by atoms with Gasteiger partial charge in [-0.3, -0.25) is 20.4 Å². The monoisotopic (exact) mass is 318 g/mol. The molecule has 0 heterocycles. The lowest BCUT2D eigenvalue weighted by molar-refractivity contribution is -0.137. The normalized spacial score (nSPS) is 17.4. The minimum atomic E-state index is -0.688. The Hall–Kier alpha value is -2.04. The average Bonchev–Trinajstić information content (AvgIpc) is 2.97. The second-order valence-electron chi connectivity index (χ2n) is 6.67. The molecule has 2 rings (SSSR count). The summed E-state index contributed by atoms with van der Waals surface area (Å²) in [5.74, 6) is 0.199. The van der Waals surface area contributed by atoms with Gasteiger partial charge in [-0.05, 0) is 50.8 Å². The van der Waals surface area contributed by atoms with Gasteiger partial charge < -0.3 is 4.74 Å². The third-order valence-corrected chi connectivity index (χ3v) is 4.78. The summed E-state index contributed by atoms with van der Waals surface area (Å²) >= 11 is 0. The maximum atomic E-state index is 12.2. The lowest BCUT2D eigenvalue weighted by atomic mass is 9.88. The second kappa shape index (κ2) is 7.02. The highest BCUT2D eigenvalue weighted by Gasteiger charge is 2.36. The molecule has 0 aliphatic heterocycles. The Morgan fingerprint density at radius 1 is 1.17 bits per heavy atom. The quantitative estimate of drug-likeness (QED) is 0.839. The highest BCUT2D eigenvalue weighted by Crippen LogP contribution is 2.37. The molecule has 0 spiro atoms. The van der Waals surface area contributed by atoms with Gasteiger partial charge in [0.2, 0.25) is 5.91 Å². The van der Waals surface area contributed by atoms with Gasteiger partial charge >= 0.3 is 0 Å². The first-order valence-electron chi connectivity index (χ1n) is 8.17. The van der Waals surface area contributed by atoms with Gasteiger partial charge in [-0.2, -0.15) is 0 Å². The maximum absolute atomic E-state index is 12.2. The fraction of sp³-hybridized carbons (Fsp3) is 0.556. The molecule has 0 saturated heterocycles. The highest BCUT2D eigenvalue weighted by atomic mass is 16.5. The summed E-state index contributed by atoms with van der Waals surface area (Å²) in [5.41, 5.74) is 6.76. The molecule has 0 radical (unpaired) electrons. The molecule has 1 aromatic rings. The molecule has 1 atom stereocenters. The standard InChI is InChI=1S/C18H26N2O3/c1-12-8-7-9-15(13(12)2)23-14(3)16(21)19-20-17(22)18(4)10-5-6-11-18/h7-9,14H,5-6,10-11H2,1-4H3,(H,19,21)(H,20,22). The molecule has 1 aliphatic carbocycles. The van der Waals surface area contributed by atoms with Gasteiger partial charge in [-0.15, -0.1) is 0 Å². The van der Waals surface area contributed by atoms with Crippen LogP contribution in [-0.2, 0) is 9.59 Å². The van der Waals surface area contributed by atoms with Crippen LogP contribution in [0.25, 0.3) is 0 Å². The molecule has 0 aromatic heterocycles. The van der Waals surface area contributed by atoms with E-state index in [0.29, 0.717) is 5.75 Å². The number of carbonyl (C=O) groups is 2. The van der Waals surface area contributed by atoms with Gasteiger partial charge in [0.25, 0.3) is 5.91 Å². The first kappa shape index (κ1) is 17.3. The van der Waals surface area contributed by atoms with Gasteiger partial charge in [-0.25, -0.2) is 0 Å². The summed E-state index contributed by atoms with van der Waals surface area (Å²) < 4.78 is 5.71. The molecule has 5 heteroatoms. The minimum absolute atomic E-state index is 0.123. The number of amides is 2. The maximum Gasteiger partial charge on any atom is 0.279 e. The van der Waals surface area contributed by atoms with Crippen LogP contribution in [0, 0.1) is 19.3 Å². The van der Waals surface area contributed by atoms with Crippen LogP contribution in [0.5, 0.6) is 5.75 Å². The smallest absolute Gasteiger partial charge is 0.279 e. The largest absolute Gasteiger partial charge is 0.481 e. The number of hydrogen-bond donors (Lipinski definition) is 2. The SMILES string of the molecule is Cc1cccc(OC(C)C(=O)NNC(=O)C2(C)CCCC2)c1C. The molecule has 126 valence electrons. The topological polar surface area (TPSA) is 67.4 Å². The number of nitrogens with one attached hydrogen (secondary N) is 2. The van der Waals surface area contributed by atoms with E-state index in [4.69, 9.17) is 4.74 Å². The molecule has 23 heavy (non-hydrogen) atoms. The Bertz CT molecular complexity index is 592. The van der Waals surface area contributed by atoms with Crippen molar-refractivity contribution >= 4 is 11.8 Å². The van der Waals surface area contributed by atoms with Crippen LogP contribution in [0.1, 0.15) is 50.7 Å². The molecule has 0 bridgehead atoms. The van der Waals surface area contributed by atoms with E-state index in [9.17, 15) is 9.59 Å². The van der Waals surface area contributed by atoms with Crippen LogP contribution >= 0.6 is 0 Å². The van der Waals surface area contributed by atoms with Crippen molar-refractivity contribution in [2.45, 2.75) is 59.5 Å². The number of carbonyl (C=O) groups excluding carboxylic acids is 2. The Labute approximate surface area is 137 Å². The number of hydrogen-bond acceptors (Lipinski definition) is 3. The molecule has 1 saturated carbocycles. The van der Waals surface area contributed by atoms with Crippen molar-refractivity contribution in [3.05, 3.63) is 29.3 Å². The fourth-order valence-electron chi connectivity index (χ4n) is 2.85. The lowest BCUT2D eigenvalue weighted by Crippen LogP contribution is -2.51. The zero-order valence-corrected chi connectivity index (χ0v) is 14.4. The third-order valence-electron chi connectivity index (χ3n) is 4.78. The summed E-state index contributed by atoms with van der Waals surface area (Å²) in [5, 5.41) is 0. The molecule has 1 fully saturated rings. The summed E-state index contributed by atoms with van der Waals surface area (Å²) in [6.45, 7) is 7.56. The summed E-state index contributed by atoms with van der Waals surface area (Å²) in [7, 11) is 0. The number of rotatable bonds is 4. The number of hydrazine groups is 1. The number of ether oxygens (including phenoxy) is 1. The van der Waals surface area contributed by atoms with Crippen molar-refractivity contribution in [2.75, 3.05) is 0 Å². The highest BCUT2D eigenvalue weighted by molar-refractivity contribution is 5.87. The van der Waals surface area contributed by atoms with Crippen molar-refractivity contribution in [3.8, 4) is 5.75 Å². The summed E-state index contributed by atoms with van der Waals surface area (Å²) in [6, 6.07) is 5.73. The van der Waals surface area contributed by atoms with E-state index < -0.39 is 6.10 Å². The van der Waals surface area contributed by atoms with Crippen molar-refractivity contribution < 1.29 is 14.3 Å². The summed E-state index contributed by atoms with van der Waals surface area (Å²) in [4.78, 5) is 24.3. The Kier molecular flexibility index (Phi) is 5.29. The van der Waals surface area contributed by atoms with Crippen LogP contribution in [-0.4, -0.2) is 17.9 Å². The van der Waals surface area contributed by atoms with E-state index in [1.54, 1.807) is 6.92 Å². The van der Waals surface area contributed by atoms with Crippen molar-refractivity contribution in [3.63, 3.8) is 0 Å². The van der Waals surface area contributed by atoms with Gasteiger partial charge in [0.15, 0.2) is 6.10 Å². The number of aryl methyl sites for hydroxylation is 1. The van der Waals surface area contributed by atoms with E-state index in [2.05, 4.69) is 10.9 Å². The fourth-order valence-corrected chi connectivity index (χ4v) is 2.85.